The SMILES string of the molecule is CCC(=O)N(C)[C@@H](C)C(=O)c1c(C)[nH]c(C(=O)OC)c1C. The van der Waals surface area contributed by atoms with Crippen molar-refractivity contribution in [1.82, 2.24) is 9.88 Å². The number of likely N-dealkylation sites (N-methyl/N-ethyl adjacent to an activating group) is 1. The number of nitrogens with one attached hydrogen (secondary N) is 1. The van der Waals surface area contributed by atoms with Crippen LogP contribution in [-0.4, -0.2) is 47.7 Å². The first kappa shape index (κ1) is 16.9. The van der Waals surface area contributed by atoms with Gasteiger partial charge in [-0.3, -0.25) is 9.59 Å². The Kier molecular flexibility index (Phi) is 5.29. The topological polar surface area (TPSA) is 79.5 Å². The van der Waals surface area contributed by atoms with Crippen LogP contribution in [0.4, 0.5) is 0 Å². The molecule has 0 fully saturated rings. The Morgan fingerprint density at radius 3 is 2.33 bits per heavy atom. The molecule has 0 saturated carbocycles. The number of rotatable bonds is 5. The minimum absolute atomic E-state index is 0.102. The lowest BCUT2D eigenvalue weighted by Gasteiger charge is -2.23. The zero-order valence-corrected chi connectivity index (χ0v) is 13.4. The summed E-state index contributed by atoms with van der Waals surface area (Å²) in [4.78, 5) is 40.3. The number of hydrogen-bond acceptors (Lipinski definition) is 4. The van der Waals surface area contributed by atoms with Crippen molar-refractivity contribution in [3.05, 3.63) is 22.5 Å². The van der Waals surface area contributed by atoms with E-state index < -0.39 is 12.0 Å². The second kappa shape index (κ2) is 6.56. The van der Waals surface area contributed by atoms with Gasteiger partial charge in [0.25, 0.3) is 0 Å². The van der Waals surface area contributed by atoms with Gasteiger partial charge < -0.3 is 14.6 Å². The van der Waals surface area contributed by atoms with Gasteiger partial charge in [0.05, 0.1) is 13.2 Å². The van der Waals surface area contributed by atoms with Gasteiger partial charge in [0.15, 0.2) is 5.78 Å². The van der Waals surface area contributed by atoms with Crippen molar-refractivity contribution < 1.29 is 19.1 Å². The normalized spacial score (nSPS) is 11.9. The molecule has 1 aromatic rings. The number of hydrogen-bond donors (Lipinski definition) is 1. The fraction of sp³-hybridized carbons (Fsp3) is 0.533. The molecule has 0 bridgehead atoms. The molecule has 0 spiro atoms. The smallest absolute Gasteiger partial charge is 0.354 e. The Morgan fingerprint density at radius 2 is 1.86 bits per heavy atom. The summed E-state index contributed by atoms with van der Waals surface area (Å²) in [6.07, 6.45) is 0.340. The lowest BCUT2D eigenvalue weighted by Crippen LogP contribution is -2.40. The van der Waals surface area contributed by atoms with Gasteiger partial charge in [-0.05, 0) is 26.3 Å². The molecule has 6 heteroatoms. The molecule has 21 heavy (non-hydrogen) atoms. The summed E-state index contributed by atoms with van der Waals surface area (Å²) in [6, 6.07) is -0.587. The van der Waals surface area contributed by atoms with Crippen molar-refractivity contribution >= 4 is 17.7 Å². The Hall–Kier alpha value is -2.11. The number of aromatic amines is 1. The maximum atomic E-state index is 12.6. The standard InChI is InChI=1S/C15H22N2O4/c1-7-11(18)17(5)10(4)14(19)12-8(2)13(15(20)21-6)16-9(12)3/h10,16H,7H2,1-6H3/t10-/m0/s1. The number of Topliss-reactive ketones (excluding diaryl/α,β-unsaturated/α-hetero) is 1. The number of amides is 1. The predicted octanol–water partition coefficient (Wildman–Crippen LogP) is 1.86. The first-order valence-corrected chi connectivity index (χ1v) is 6.83. The summed E-state index contributed by atoms with van der Waals surface area (Å²) in [5, 5.41) is 0. The fourth-order valence-corrected chi connectivity index (χ4v) is 2.28. The second-order valence-electron chi connectivity index (χ2n) is 5.02. The highest BCUT2D eigenvalue weighted by atomic mass is 16.5. The molecule has 116 valence electrons. The average molecular weight is 294 g/mol. The third-order valence-corrected chi connectivity index (χ3v) is 3.73. The molecule has 6 nitrogen and oxygen atoms in total. The predicted molar refractivity (Wildman–Crippen MR) is 78.5 cm³/mol. The number of esters is 1. The van der Waals surface area contributed by atoms with Gasteiger partial charge in [-0.15, -0.1) is 0 Å². The van der Waals surface area contributed by atoms with E-state index in [1.165, 1.54) is 12.0 Å². The first-order valence-electron chi connectivity index (χ1n) is 6.83. The van der Waals surface area contributed by atoms with Crippen LogP contribution >= 0.6 is 0 Å². The number of carbonyl (C=O) groups is 3. The molecule has 0 unspecified atom stereocenters. The van der Waals surface area contributed by atoms with E-state index in [-0.39, 0.29) is 17.4 Å². The van der Waals surface area contributed by atoms with Gasteiger partial charge in [-0.25, -0.2) is 4.79 Å². The number of aryl methyl sites for hydroxylation is 1. The van der Waals surface area contributed by atoms with E-state index in [4.69, 9.17) is 0 Å². The van der Waals surface area contributed by atoms with Crippen molar-refractivity contribution in [3.8, 4) is 0 Å². The van der Waals surface area contributed by atoms with E-state index in [0.29, 0.717) is 23.2 Å². The van der Waals surface area contributed by atoms with E-state index in [1.54, 1.807) is 34.7 Å². The molecular formula is C15H22N2O4. The number of ether oxygens (including phenoxy) is 1. The fourth-order valence-electron chi connectivity index (χ4n) is 2.28. The largest absolute Gasteiger partial charge is 0.464 e. The van der Waals surface area contributed by atoms with Gasteiger partial charge in [0, 0.05) is 24.7 Å². The lowest BCUT2D eigenvalue weighted by molar-refractivity contribution is -0.130. The van der Waals surface area contributed by atoms with E-state index in [1.807, 2.05) is 0 Å². The Balaban J connectivity index is 3.16. The van der Waals surface area contributed by atoms with Crippen molar-refractivity contribution in [1.29, 1.82) is 0 Å². The van der Waals surface area contributed by atoms with Crippen LogP contribution in [-0.2, 0) is 9.53 Å². The van der Waals surface area contributed by atoms with Gasteiger partial charge in [0.2, 0.25) is 5.91 Å². The zero-order chi connectivity index (χ0) is 16.3. The van der Waals surface area contributed by atoms with E-state index >= 15 is 0 Å². The molecule has 0 aliphatic carbocycles. The minimum Gasteiger partial charge on any atom is -0.464 e. The molecule has 1 aromatic heterocycles. The molecule has 1 N–H and O–H groups in total. The molecule has 1 rings (SSSR count). The van der Waals surface area contributed by atoms with Crippen molar-refractivity contribution in [2.45, 2.75) is 40.2 Å². The van der Waals surface area contributed by atoms with Crippen LogP contribution < -0.4 is 0 Å². The minimum atomic E-state index is -0.587. The van der Waals surface area contributed by atoms with Crippen LogP contribution in [0.5, 0.6) is 0 Å². The Bertz CT molecular complexity index is 574. The second-order valence-corrected chi connectivity index (χ2v) is 5.02. The highest BCUT2D eigenvalue weighted by Crippen LogP contribution is 2.21. The van der Waals surface area contributed by atoms with Gasteiger partial charge in [-0.1, -0.05) is 6.92 Å². The first-order chi connectivity index (χ1) is 9.76. The van der Waals surface area contributed by atoms with Gasteiger partial charge in [0.1, 0.15) is 5.69 Å². The highest BCUT2D eigenvalue weighted by molar-refractivity contribution is 6.06. The molecule has 0 aliphatic rings. The van der Waals surface area contributed by atoms with Crippen LogP contribution in [0.3, 0.4) is 0 Å². The number of methoxy groups -OCH3 is 1. The summed E-state index contributed by atoms with van der Waals surface area (Å²) < 4.78 is 4.68. The van der Waals surface area contributed by atoms with E-state index in [9.17, 15) is 14.4 Å². The number of carbonyl (C=O) groups excluding carboxylic acids is 3. The van der Waals surface area contributed by atoms with E-state index in [2.05, 4.69) is 9.72 Å². The maximum Gasteiger partial charge on any atom is 0.354 e. The Labute approximate surface area is 124 Å². The van der Waals surface area contributed by atoms with Gasteiger partial charge >= 0.3 is 5.97 Å². The van der Waals surface area contributed by atoms with Gasteiger partial charge in [-0.2, -0.15) is 0 Å². The van der Waals surface area contributed by atoms with Crippen molar-refractivity contribution in [2.75, 3.05) is 14.2 Å². The average Bonchev–Trinajstić information content (AvgIpc) is 2.78. The van der Waals surface area contributed by atoms with Crippen LogP contribution in [0, 0.1) is 13.8 Å². The summed E-state index contributed by atoms with van der Waals surface area (Å²) in [7, 11) is 2.89. The van der Waals surface area contributed by atoms with E-state index in [0.717, 1.165) is 0 Å². The number of aromatic nitrogens is 1. The number of H-pyrrole nitrogens is 1. The monoisotopic (exact) mass is 294 g/mol. The molecule has 1 amide bonds. The maximum absolute atomic E-state index is 12.6. The third kappa shape index (κ3) is 3.15. The van der Waals surface area contributed by atoms with Crippen LogP contribution in [0.1, 0.15) is 52.4 Å². The Morgan fingerprint density at radius 1 is 1.29 bits per heavy atom. The third-order valence-electron chi connectivity index (χ3n) is 3.73. The molecular weight excluding hydrogens is 272 g/mol. The molecule has 0 aromatic carbocycles. The van der Waals surface area contributed by atoms with Crippen LogP contribution in [0.25, 0.3) is 0 Å². The molecule has 0 aliphatic heterocycles. The molecule has 1 atom stereocenters. The summed E-state index contributed by atoms with van der Waals surface area (Å²) in [6.45, 7) is 6.84. The van der Waals surface area contributed by atoms with Crippen molar-refractivity contribution in [3.63, 3.8) is 0 Å². The van der Waals surface area contributed by atoms with Crippen LogP contribution in [0.2, 0.25) is 0 Å². The highest BCUT2D eigenvalue weighted by Gasteiger charge is 2.28. The number of nitrogens with zero attached hydrogens (tertiary/aromatic N) is 1. The molecule has 1 heterocycles. The molecule has 0 saturated heterocycles. The summed E-state index contributed by atoms with van der Waals surface area (Å²) in [5.74, 6) is -0.809. The summed E-state index contributed by atoms with van der Waals surface area (Å²) in [5.41, 5.74) is 1.87. The lowest BCUT2D eigenvalue weighted by atomic mass is 10.00. The summed E-state index contributed by atoms with van der Waals surface area (Å²) >= 11 is 0. The van der Waals surface area contributed by atoms with Crippen molar-refractivity contribution in [2.24, 2.45) is 0 Å². The molecule has 0 radical (unpaired) electrons. The number of ketones is 1. The quantitative estimate of drug-likeness (QED) is 0.664. The zero-order valence-electron chi connectivity index (χ0n) is 13.4. The van der Waals surface area contributed by atoms with Crippen LogP contribution in [0.15, 0.2) is 0 Å².